The van der Waals surface area contributed by atoms with Crippen LogP contribution >= 0.6 is 0 Å². The Kier molecular flexibility index (Phi) is 5.80. The van der Waals surface area contributed by atoms with E-state index in [0.717, 1.165) is 13.1 Å². The molecule has 118 valence electrons. The number of likely N-dealkylation sites (N-methyl/N-ethyl adjacent to an activating group) is 2. The molecule has 0 radical (unpaired) electrons. The lowest BCUT2D eigenvalue weighted by atomic mass is 9.99. The van der Waals surface area contributed by atoms with Gasteiger partial charge in [-0.25, -0.2) is 0 Å². The van der Waals surface area contributed by atoms with E-state index in [4.69, 9.17) is 5.73 Å². The predicted molar refractivity (Wildman–Crippen MR) is 90.6 cm³/mol. The number of likely N-dealkylation sites (tertiary alicyclic amines) is 1. The van der Waals surface area contributed by atoms with Gasteiger partial charge in [-0.3, -0.25) is 4.90 Å². The van der Waals surface area contributed by atoms with Crippen LogP contribution in [0.2, 0.25) is 0 Å². The molecule has 2 N–H and O–H groups in total. The minimum absolute atomic E-state index is 0.103. The van der Waals surface area contributed by atoms with E-state index in [2.05, 4.69) is 55.8 Å². The molecule has 2 atom stereocenters. The van der Waals surface area contributed by atoms with Crippen molar-refractivity contribution in [2.45, 2.75) is 45.7 Å². The first-order chi connectivity index (χ1) is 10.0. The fourth-order valence-electron chi connectivity index (χ4n) is 3.55. The third kappa shape index (κ3) is 4.29. The Labute approximate surface area is 130 Å². The second-order valence-electron chi connectivity index (χ2n) is 6.61. The molecule has 0 saturated carbocycles. The Bertz CT molecular complexity index is 458. The first kappa shape index (κ1) is 16.5. The van der Waals surface area contributed by atoms with Crippen molar-refractivity contribution in [1.82, 2.24) is 9.80 Å². The number of hydrogen-bond acceptors (Lipinski definition) is 3. The van der Waals surface area contributed by atoms with Gasteiger partial charge in [0, 0.05) is 25.2 Å². The zero-order valence-electron chi connectivity index (χ0n) is 14.1. The van der Waals surface area contributed by atoms with E-state index >= 15 is 0 Å². The summed E-state index contributed by atoms with van der Waals surface area (Å²) < 4.78 is 0. The highest BCUT2D eigenvalue weighted by Gasteiger charge is 2.24. The Morgan fingerprint density at radius 2 is 2.14 bits per heavy atom. The van der Waals surface area contributed by atoms with Crippen LogP contribution in [0.15, 0.2) is 18.2 Å². The van der Waals surface area contributed by atoms with Crippen molar-refractivity contribution in [2.24, 2.45) is 5.73 Å². The van der Waals surface area contributed by atoms with Crippen LogP contribution in [0, 0.1) is 13.8 Å². The number of nitrogens with zero attached hydrogens (tertiary/aromatic N) is 2. The van der Waals surface area contributed by atoms with Crippen LogP contribution in [0.5, 0.6) is 0 Å². The lowest BCUT2D eigenvalue weighted by molar-refractivity contribution is 0.193. The first-order valence-corrected chi connectivity index (χ1v) is 8.26. The maximum absolute atomic E-state index is 6.45. The lowest BCUT2D eigenvalue weighted by Crippen LogP contribution is -2.41. The maximum atomic E-state index is 6.45. The lowest BCUT2D eigenvalue weighted by Gasteiger charge is -2.29. The third-order valence-electron chi connectivity index (χ3n) is 4.77. The van der Waals surface area contributed by atoms with E-state index in [1.165, 1.54) is 42.6 Å². The third-order valence-corrected chi connectivity index (χ3v) is 4.77. The Morgan fingerprint density at radius 1 is 1.38 bits per heavy atom. The molecule has 0 amide bonds. The average Bonchev–Trinajstić information content (AvgIpc) is 2.88. The summed E-state index contributed by atoms with van der Waals surface area (Å²) in [5.74, 6) is 0. The van der Waals surface area contributed by atoms with Crippen LogP contribution in [-0.2, 0) is 0 Å². The fourth-order valence-corrected chi connectivity index (χ4v) is 3.55. The molecule has 2 rings (SSSR count). The predicted octanol–water partition coefficient (Wildman–Crippen LogP) is 2.72. The summed E-state index contributed by atoms with van der Waals surface area (Å²) in [5.41, 5.74) is 10.3. The van der Waals surface area contributed by atoms with Crippen LogP contribution in [0.4, 0.5) is 0 Å². The standard InChI is InChI=1S/C18H31N3/c1-5-21-10-6-7-16(21)12-20(4)13-18(19)17-11-14(2)8-9-15(17)3/h8-9,11,16,18H,5-7,10,12-13,19H2,1-4H3. The largest absolute Gasteiger partial charge is 0.323 e. The summed E-state index contributed by atoms with van der Waals surface area (Å²) in [6.45, 7) is 11.0. The molecule has 2 unspecified atom stereocenters. The summed E-state index contributed by atoms with van der Waals surface area (Å²) in [6, 6.07) is 7.40. The molecule has 0 spiro atoms. The second-order valence-corrected chi connectivity index (χ2v) is 6.61. The molecule has 1 heterocycles. The van der Waals surface area contributed by atoms with Gasteiger partial charge in [0.05, 0.1) is 0 Å². The van der Waals surface area contributed by atoms with Crippen LogP contribution in [0.1, 0.15) is 42.5 Å². The smallest absolute Gasteiger partial charge is 0.0426 e. The Hall–Kier alpha value is -0.900. The van der Waals surface area contributed by atoms with Crippen LogP contribution in [0.3, 0.4) is 0 Å². The highest BCUT2D eigenvalue weighted by atomic mass is 15.2. The van der Waals surface area contributed by atoms with Gasteiger partial charge in [-0.05, 0) is 58.0 Å². The van der Waals surface area contributed by atoms with Gasteiger partial charge in [0.25, 0.3) is 0 Å². The van der Waals surface area contributed by atoms with E-state index < -0.39 is 0 Å². The van der Waals surface area contributed by atoms with E-state index in [-0.39, 0.29) is 6.04 Å². The van der Waals surface area contributed by atoms with Gasteiger partial charge in [0.2, 0.25) is 0 Å². The van der Waals surface area contributed by atoms with Gasteiger partial charge in [-0.1, -0.05) is 30.7 Å². The molecule has 0 aliphatic carbocycles. The molecular weight excluding hydrogens is 258 g/mol. The van der Waals surface area contributed by atoms with E-state index in [0.29, 0.717) is 6.04 Å². The van der Waals surface area contributed by atoms with Gasteiger partial charge < -0.3 is 10.6 Å². The molecular formula is C18H31N3. The van der Waals surface area contributed by atoms with Gasteiger partial charge >= 0.3 is 0 Å². The summed E-state index contributed by atoms with van der Waals surface area (Å²) in [5, 5.41) is 0. The minimum Gasteiger partial charge on any atom is -0.323 e. The van der Waals surface area contributed by atoms with Gasteiger partial charge in [-0.2, -0.15) is 0 Å². The molecule has 1 aromatic carbocycles. The minimum atomic E-state index is 0.103. The molecule has 1 saturated heterocycles. The first-order valence-electron chi connectivity index (χ1n) is 8.26. The summed E-state index contributed by atoms with van der Waals surface area (Å²) in [4.78, 5) is 5.00. The number of hydrogen-bond donors (Lipinski definition) is 1. The molecule has 1 fully saturated rings. The maximum Gasteiger partial charge on any atom is 0.0426 e. The monoisotopic (exact) mass is 289 g/mol. The van der Waals surface area contributed by atoms with Crippen molar-refractivity contribution < 1.29 is 0 Å². The molecule has 1 aliphatic rings. The van der Waals surface area contributed by atoms with E-state index in [1.54, 1.807) is 0 Å². The van der Waals surface area contributed by atoms with Gasteiger partial charge in [-0.15, -0.1) is 0 Å². The number of benzene rings is 1. The van der Waals surface area contributed by atoms with Crippen molar-refractivity contribution in [3.63, 3.8) is 0 Å². The zero-order valence-corrected chi connectivity index (χ0v) is 14.1. The highest BCUT2D eigenvalue weighted by molar-refractivity contribution is 5.33. The quantitative estimate of drug-likeness (QED) is 0.874. The van der Waals surface area contributed by atoms with E-state index in [9.17, 15) is 0 Å². The number of rotatable bonds is 6. The Balaban J connectivity index is 1.92. The van der Waals surface area contributed by atoms with Crippen molar-refractivity contribution in [2.75, 3.05) is 33.2 Å². The van der Waals surface area contributed by atoms with Crippen molar-refractivity contribution in [1.29, 1.82) is 0 Å². The molecule has 21 heavy (non-hydrogen) atoms. The molecule has 3 nitrogen and oxygen atoms in total. The average molecular weight is 289 g/mol. The normalized spacial score (nSPS) is 21.1. The topological polar surface area (TPSA) is 32.5 Å². The van der Waals surface area contributed by atoms with Gasteiger partial charge in [0.15, 0.2) is 0 Å². The summed E-state index contributed by atoms with van der Waals surface area (Å²) in [7, 11) is 2.21. The second kappa shape index (κ2) is 7.39. The van der Waals surface area contributed by atoms with Crippen molar-refractivity contribution in [3.05, 3.63) is 34.9 Å². The van der Waals surface area contributed by atoms with Gasteiger partial charge in [0.1, 0.15) is 0 Å². The molecule has 0 aromatic heterocycles. The number of nitrogens with two attached hydrogens (primary N) is 1. The summed E-state index contributed by atoms with van der Waals surface area (Å²) >= 11 is 0. The molecule has 0 bridgehead atoms. The van der Waals surface area contributed by atoms with Crippen LogP contribution in [0.25, 0.3) is 0 Å². The molecule has 1 aliphatic heterocycles. The summed E-state index contributed by atoms with van der Waals surface area (Å²) in [6.07, 6.45) is 2.67. The SMILES string of the molecule is CCN1CCCC1CN(C)CC(N)c1cc(C)ccc1C. The van der Waals surface area contributed by atoms with Crippen molar-refractivity contribution in [3.8, 4) is 0 Å². The van der Waals surface area contributed by atoms with Crippen LogP contribution < -0.4 is 5.73 Å². The van der Waals surface area contributed by atoms with Crippen LogP contribution in [-0.4, -0.2) is 49.1 Å². The number of aryl methyl sites for hydroxylation is 2. The molecule has 1 aromatic rings. The molecule has 3 heteroatoms. The fraction of sp³-hybridized carbons (Fsp3) is 0.667. The highest BCUT2D eigenvalue weighted by Crippen LogP contribution is 2.20. The Morgan fingerprint density at radius 3 is 2.86 bits per heavy atom. The van der Waals surface area contributed by atoms with Crippen molar-refractivity contribution >= 4 is 0 Å². The zero-order chi connectivity index (χ0) is 15.4. The van der Waals surface area contributed by atoms with E-state index in [1.807, 2.05) is 0 Å².